The third kappa shape index (κ3) is 4.23. The molecule has 3 aromatic rings. The Hall–Kier alpha value is -3.07. The van der Waals surface area contributed by atoms with E-state index in [1.54, 1.807) is 23.9 Å². The lowest BCUT2D eigenvalue weighted by Crippen LogP contribution is -2.46. The highest BCUT2D eigenvalue weighted by Crippen LogP contribution is 2.38. The van der Waals surface area contributed by atoms with Crippen molar-refractivity contribution in [3.63, 3.8) is 0 Å². The predicted octanol–water partition coefficient (Wildman–Crippen LogP) is 3.13. The number of carbonyl (C=O) groups is 1. The number of methoxy groups -OCH3 is 1. The lowest BCUT2D eigenvalue weighted by molar-refractivity contribution is 0.0610. The number of hydrogen-bond acceptors (Lipinski definition) is 6. The number of nitrogens with zero attached hydrogens (tertiary/aromatic N) is 5. The maximum absolute atomic E-state index is 13.2. The molecule has 31 heavy (non-hydrogen) atoms. The number of ether oxygens (including phenoxy) is 1. The van der Waals surface area contributed by atoms with Crippen LogP contribution >= 0.6 is 0 Å². The molecule has 1 fully saturated rings. The van der Waals surface area contributed by atoms with E-state index in [0.717, 1.165) is 12.1 Å². The molecule has 0 saturated carbocycles. The summed E-state index contributed by atoms with van der Waals surface area (Å²) in [5.74, 6) is 0.572. The maximum atomic E-state index is 13.2. The van der Waals surface area contributed by atoms with Crippen LogP contribution in [-0.4, -0.2) is 57.5 Å². The van der Waals surface area contributed by atoms with Crippen molar-refractivity contribution in [3.05, 3.63) is 53.4 Å². The summed E-state index contributed by atoms with van der Waals surface area (Å²) in [4.78, 5) is 19.3. The summed E-state index contributed by atoms with van der Waals surface area (Å²) in [5.41, 5.74) is 1.71. The maximum Gasteiger partial charge on any atom is 0.274 e. The number of carbonyl (C=O) groups excluding carboxylic acids is 1. The van der Waals surface area contributed by atoms with Crippen molar-refractivity contribution < 1.29 is 18.4 Å². The molecule has 0 bridgehead atoms. The number of benzene rings is 1. The fourth-order valence-corrected chi connectivity index (χ4v) is 4.00. The van der Waals surface area contributed by atoms with Crippen LogP contribution in [0.5, 0.6) is 0 Å². The van der Waals surface area contributed by atoms with Gasteiger partial charge in [-0.25, -0.2) is 4.39 Å². The zero-order valence-electron chi connectivity index (χ0n) is 18.0. The van der Waals surface area contributed by atoms with E-state index in [1.165, 1.54) is 12.1 Å². The van der Waals surface area contributed by atoms with Gasteiger partial charge in [-0.1, -0.05) is 5.16 Å². The van der Waals surface area contributed by atoms with Crippen LogP contribution in [0.3, 0.4) is 0 Å². The third-order valence-electron chi connectivity index (χ3n) is 6.12. The van der Waals surface area contributed by atoms with Crippen molar-refractivity contribution in [1.29, 1.82) is 0 Å². The van der Waals surface area contributed by atoms with Gasteiger partial charge in [0.05, 0.1) is 0 Å². The fraction of sp³-hybridized carbons (Fsp3) is 0.455. The van der Waals surface area contributed by atoms with Gasteiger partial charge in [-0.15, -0.1) is 0 Å². The van der Waals surface area contributed by atoms with E-state index in [0.29, 0.717) is 55.5 Å². The molecule has 0 unspecified atom stereocenters. The molecule has 1 aliphatic rings. The van der Waals surface area contributed by atoms with Crippen LogP contribution in [0.4, 0.5) is 4.39 Å². The fourth-order valence-electron chi connectivity index (χ4n) is 4.00. The first-order valence-electron chi connectivity index (χ1n) is 10.3. The van der Waals surface area contributed by atoms with Crippen LogP contribution < -0.4 is 0 Å². The van der Waals surface area contributed by atoms with Crippen molar-refractivity contribution in [1.82, 2.24) is 24.8 Å². The average Bonchev–Trinajstić information content (AvgIpc) is 3.40. The molecule has 1 saturated heterocycles. The minimum Gasteiger partial charge on any atom is -0.385 e. The molecular weight excluding hydrogens is 401 g/mol. The van der Waals surface area contributed by atoms with Gasteiger partial charge in [0.2, 0.25) is 0 Å². The summed E-state index contributed by atoms with van der Waals surface area (Å²) in [6, 6.07) is 7.77. The summed E-state index contributed by atoms with van der Waals surface area (Å²) in [5, 5.41) is 8.56. The molecule has 0 spiro atoms. The topological polar surface area (TPSA) is 86.3 Å². The summed E-state index contributed by atoms with van der Waals surface area (Å²) in [6.45, 7) is 3.61. The van der Waals surface area contributed by atoms with Crippen LogP contribution in [0.15, 0.2) is 34.9 Å². The number of hydrogen-bond donors (Lipinski definition) is 0. The highest BCUT2D eigenvalue weighted by atomic mass is 19.1. The second-order valence-corrected chi connectivity index (χ2v) is 8.04. The van der Waals surface area contributed by atoms with Gasteiger partial charge < -0.3 is 14.2 Å². The van der Waals surface area contributed by atoms with E-state index in [1.807, 2.05) is 24.9 Å². The van der Waals surface area contributed by atoms with Gasteiger partial charge in [-0.2, -0.15) is 10.1 Å². The molecule has 9 heteroatoms. The third-order valence-corrected chi connectivity index (χ3v) is 6.12. The summed E-state index contributed by atoms with van der Waals surface area (Å²) >= 11 is 0. The molecule has 3 heterocycles. The first-order valence-corrected chi connectivity index (χ1v) is 10.3. The summed E-state index contributed by atoms with van der Waals surface area (Å²) in [7, 11) is 3.49. The zero-order chi connectivity index (χ0) is 22.0. The van der Waals surface area contributed by atoms with Gasteiger partial charge in [0.25, 0.3) is 11.8 Å². The van der Waals surface area contributed by atoms with Gasteiger partial charge in [-0.05, 0) is 56.5 Å². The number of likely N-dealkylation sites (tertiary alicyclic amines) is 1. The normalized spacial score (nSPS) is 15.9. The Kier molecular flexibility index (Phi) is 5.86. The molecule has 0 N–H and O–H groups in total. The second-order valence-electron chi connectivity index (χ2n) is 8.04. The quantitative estimate of drug-likeness (QED) is 0.601. The Balaban J connectivity index is 1.53. The summed E-state index contributed by atoms with van der Waals surface area (Å²) < 4.78 is 25.8. The predicted molar refractivity (Wildman–Crippen MR) is 111 cm³/mol. The van der Waals surface area contributed by atoms with Gasteiger partial charge in [0.15, 0.2) is 11.5 Å². The highest BCUT2D eigenvalue weighted by molar-refractivity contribution is 5.92. The Bertz CT molecular complexity index is 1030. The van der Waals surface area contributed by atoms with Gasteiger partial charge >= 0.3 is 0 Å². The van der Waals surface area contributed by atoms with E-state index >= 15 is 0 Å². The Morgan fingerprint density at radius 2 is 1.97 bits per heavy atom. The Morgan fingerprint density at radius 3 is 2.58 bits per heavy atom. The number of aryl methyl sites for hydroxylation is 2. The minimum atomic E-state index is -0.353. The molecule has 1 amide bonds. The molecule has 4 rings (SSSR count). The van der Waals surface area contributed by atoms with Crippen LogP contribution in [0.1, 0.15) is 41.3 Å². The Morgan fingerprint density at radius 1 is 1.26 bits per heavy atom. The van der Waals surface area contributed by atoms with Crippen molar-refractivity contribution in [2.75, 3.05) is 26.8 Å². The number of rotatable bonds is 6. The molecule has 2 aromatic heterocycles. The molecule has 1 aromatic carbocycles. The molecule has 1 aliphatic heterocycles. The Labute approximate surface area is 180 Å². The smallest absolute Gasteiger partial charge is 0.274 e. The first kappa shape index (κ1) is 21.2. The van der Waals surface area contributed by atoms with Crippen molar-refractivity contribution in [2.45, 2.75) is 31.6 Å². The van der Waals surface area contributed by atoms with Crippen LogP contribution in [0.25, 0.3) is 11.5 Å². The number of piperidine rings is 1. The SMILES string of the molecule is COCCC1(c2noc(-c3ccc(F)cc3)n2)CCN(C(=O)c2cc(C)n(C)n2)CC1. The van der Waals surface area contributed by atoms with Crippen LogP contribution in [0.2, 0.25) is 0 Å². The lowest BCUT2D eigenvalue weighted by atomic mass is 9.75. The van der Waals surface area contributed by atoms with E-state index in [2.05, 4.69) is 15.2 Å². The monoisotopic (exact) mass is 427 g/mol. The second kappa shape index (κ2) is 8.58. The molecule has 8 nitrogen and oxygen atoms in total. The van der Waals surface area contributed by atoms with E-state index in [9.17, 15) is 9.18 Å². The van der Waals surface area contributed by atoms with Crippen molar-refractivity contribution >= 4 is 5.91 Å². The van der Waals surface area contributed by atoms with Crippen molar-refractivity contribution in [3.8, 4) is 11.5 Å². The molecule has 0 radical (unpaired) electrons. The first-order chi connectivity index (χ1) is 14.9. The molecule has 0 aliphatic carbocycles. The van der Waals surface area contributed by atoms with E-state index in [-0.39, 0.29) is 17.1 Å². The largest absolute Gasteiger partial charge is 0.385 e. The lowest BCUT2D eigenvalue weighted by Gasteiger charge is -2.39. The van der Waals surface area contributed by atoms with Crippen LogP contribution in [-0.2, 0) is 17.2 Å². The highest BCUT2D eigenvalue weighted by Gasteiger charge is 2.41. The number of amides is 1. The average molecular weight is 427 g/mol. The standard InChI is InChI=1S/C22H26FN5O3/c1-15-14-18(25-27(15)2)20(29)28-11-8-22(9-12-28,10-13-30-3)21-24-19(31-26-21)16-4-6-17(23)7-5-16/h4-7,14H,8-13H2,1-3H3. The molecular formula is C22H26FN5O3. The van der Waals surface area contributed by atoms with Gasteiger partial charge in [0, 0.05) is 50.5 Å². The molecule has 0 atom stereocenters. The summed E-state index contributed by atoms with van der Waals surface area (Å²) in [6.07, 6.45) is 2.10. The van der Waals surface area contributed by atoms with Gasteiger partial charge in [0.1, 0.15) is 5.82 Å². The van der Waals surface area contributed by atoms with Gasteiger partial charge in [-0.3, -0.25) is 9.48 Å². The van der Waals surface area contributed by atoms with E-state index < -0.39 is 0 Å². The number of aromatic nitrogens is 4. The minimum absolute atomic E-state index is 0.0656. The van der Waals surface area contributed by atoms with Crippen molar-refractivity contribution in [2.24, 2.45) is 7.05 Å². The zero-order valence-corrected chi connectivity index (χ0v) is 18.0. The molecule has 164 valence electrons. The van der Waals surface area contributed by atoms with E-state index in [4.69, 9.17) is 9.26 Å². The van der Waals surface area contributed by atoms with Crippen LogP contribution in [0, 0.1) is 12.7 Å². The number of halogens is 1.